The summed E-state index contributed by atoms with van der Waals surface area (Å²) in [5, 5.41) is 0. The minimum Gasteiger partial charge on any atom is -0.457 e. The molecular formula is C17H29O6P. The summed E-state index contributed by atoms with van der Waals surface area (Å²) >= 11 is 0. The molecule has 0 radical (unpaired) electrons. The topological polar surface area (TPSA) is 71.1 Å². The lowest BCUT2D eigenvalue weighted by Gasteiger charge is -2.33. The van der Waals surface area contributed by atoms with E-state index in [9.17, 15) is 9.36 Å². The van der Waals surface area contributed by atoms with Crippen LogP contribution < -0.4 is 0 Å². The number of rotatable bonds is 6. The first-order valence-corrected chi connectivity index (χ1v) is 10.2. The van der Waals surface area contributed by atoms with Crippen LogP contribution in [0, 0.1) is 11.3 Å². The zero-order chi connectivity index (χ0) is 17.8. The van der Waals surface area contributed by atoms with Gasteiger partial charge < -0.3 is 9.26 Å². The maximum absolute atomic E-state index is 12.3. The largest absolute Gasteiger partial charge is 0.530 e. The highest BCUT2D eigenvalue weighted by Crippen LogP contribution is 2.56. The molecule has 0 spiro atoms. The van der Waals surface area contributed by atoms with Crippen molar-refractivity contribution in [1.29, 1.82) is 0 Å². The summed E-state index contributed by atoms with van der Waals surface area (Å²) in [6, 6.07) is 0. The fourth-order valence-corrected chi connectivity index (χ4v) is 4.51. The van der Waals surface area contributed by atoms with Crippen LogP contribution >= 0.6 is 7.82 Å². The molecule has 0 N–H and O–H groups in total. The third-order valence-electron chi connectivity index (χ3n) is 4.44. The van der Waals surface area contributed by atoms with Gasteiger partial charge >= 0.3 is 13.8 Å². The van der Waals surface area contributed by atoms with E-state index in [4.69, 9.17) is 18.3 Å². The van der Waals surface area contributed by atoms with Crippen LogP contribution in [0.5, 0.6) is 0 Å². The number of esters is 1. The Morgan fingerprint density at radius 3 is 2.33 bits per heavy atom. The normalized spacial score (nSPS) is 28.8. The first-order chi connectivity index (χ1) is 11.2. The molecule has 0 aromatic heterocycles. The zero-order valence-corrected chi connectivity index (χ0v) is 15.8. The Bertz CT molecular complexity index is 493. The monoisotopic (exact) mass is 360 g/mol. The highest BCUT2D eigenvalue weighted by molar-refractivity contribution is 7.48. The summed E-state index contributed by atoms with van der Waals surface area (Å²) in [4.78, 5) is 12.1. The number of carbonyl (C=O) groups excluding carboxylic acids is 1. The Balaban J connectivity index is 1.77. The van der Waals surface area contributed by atoms with Crippen molar-refractivity contribution in [3.8, 4) is 0 Å². The molecule has 6 nitrogen and oxygen atoms in total. The highest BCUT2D eigenvalue weighted by atomic mass is 31.2. The molecule has 0 amide bonds. The summed E-state index contributed by atoms with van der Waals surface area (Å²) in [6.45, 7) is 10.0. The van der Waals surface area contributed by atoms with E-state index in [0.29, 0.717) is 0 Å². The van der Waals surface area contributed by atoms with Crippen LogP contribution in [0.3, 0.4) is 0 Å². The van der Waals surface area contributed by atoms with Crippen LogP contribution in [0.1, 0.15) is 59.3 Å². The zero-order valence-electron chi connectivity index (χ0n) is 14.9. The van der Waals surface area contributed by atoms with Gasteiger partial charge in [-0.05, 0) is 38.2 Å². The summed E-state index contributed by atoms with van der Waals surface area (Å²) in [5.41, 5.74) is -0.240. The third kappa shape index (κ3) is 5.61. The molecule has 2 fully saturated rings. The fourth-order valence-electron chi connectivity index (χ4n) is 2.98. The summed E-state index contributed by atoms with van der Waals surface area (Å²) in [6.07, 6.45) is 6.12. The van der Waals surface area contributed by atoms with Crippen LogP contribution in [0.15, 0.2) is 12.3 Å². The van der Waals surface area contributed by atoms with Gasteiger partial charge in [-0.2, -0.15) is 0 Å². The minimum atomic E-state index is -3.78. The van der Waals surface area contributed by atoms with Gasteiger partial charge in [0.15, 0.2) is 0 Å². The van der Waals surface area contributed by atoms with Gasteiger partial charge in [-0.1, -0.05) is 33.6 Å². The second kappa shape index (κ2) is 8.03. The van der Waals surface area contributed by atoms with Gasteiger partial charge in [-0.3, -0.25) is 9.05 Å². The van der Waals surface area contributed by atoms with Gasteiger partial charge in [0, 0.05) is 5.41 Å². The van der Waals surface area contributed by atoms with Crippen molar-refractivity contribution in [3.05, 3.63) is 12.3 Å². The van der Waals surface area contributed by atoms with Gasteiger partial charge in [0.25, 0.3) is 0 Å². The molecule has 0 aromatic rings. The predicted octanol–water partition coefficient (Wildman–Crippen LogP) is 4.60. The molecular weight excluding hydrogens is 331 g/mol. The summed E-state index contributed by atoms with van der Waals surface area (Å²) in [7, 11) is -3.78. The molecule has 1 heterocycles. The summed E-state index contributed by atoms with van der Waals surface area (Å²) in [5.74, 6) is -0.289. The average molecular weight is 360 g/mol. The van der Waals surface area contributed by atoms with Crippen LogP contribution in [0.4, 0.5) is 0 Å². The van der Waals surface area contributed by atoms with E-state index in [-0.39, 0.29) is 30.5 Å². The van der Waals surface area contributed by atoms with Crippen molar-refractivity contribution in [2.75, 3.05) is 13.2 Å². The van der Waals surface area contributed by atoms with Crippen molar-refractivity contribution in [2.45, 2.75) is 65.4 Å². The van der Waals surface area contributed by atoms with Gasteiger partial charge in [0.1, 0.15) is 6.10 Å². The molecule has 1 aliphatic heterocycles. The predicted molar refractivity (Wildman–Crippen MR) is 90.3 cm³/mol. The van der Waals surface area contributed by atoms with E-state index in [1.165, 1.54) is 12.8 Å². The molecule has 24 heavy (non-hydrogen) atoms. The third-order valence-corrected chi connectivity index (χ3v) is 5.78. The van der Waals surface area contributed by atoms with Crippen LogP contribution in [-0.4, -0.2) is 25.3 Å². The van der Waals surface area contributed by atoms with Gasteiger partial charge in [0.2, 0.25) is 5.76 Å². The van der Waals surface area contributed by atoms with Crippen LogP contribution in [0.2, 0.25) is 0 Å². The lowest BCUT2D eigenvalue weighted by molar-refractivity contribution is -0.149. The van der Waals surface area contributed by atoms with Gasteiger partial charge in [-0.25, -0.2) is 9.36 Å². The maximum atomic E-state index is 12.3. The first kappa shape index (κ1) is 19.5. The van der Waals surface area contributed by atoms with Crippen molar-refractivity contribution in [1.82, 2.24) is 0 Å². The Kier molecular flexibility index (Phi) is 6.52. The molecule has 0 unspecified atom stereocenters. The van der Waals surface area contributed by atoms with Gasteiger partial charge in [0.05, 0.1) is 13.2 Å². The Morgan fingerprint density at radius 2 is 1.79 bits per heavy atom. The Morgan fingerprint density at radius 1 is 1.21 bits per heavy atom. The van der Waals surface area contributed by atoms with Crippen LogP contribution in [-0.2, 0) is 27.7 Å². The number of phosphoric acid groups is 1. The molecule has 7 heteroatoms. The molecule has 1 saturated carbocycles. The van der Waals surface area contributed by atoms with Crippen molar-refractivity contribution in [3.63, 3.8) is 0 Å². The van der Waals surface area contributed by atoms with E-state index < -0.39 is 13.8 Å². The lowest BCUT2D eigenvalue weighted by atomic mass is 9.85. The van der Waals surface area contributed by atoms with E-state index in [0.717, 1.165) is 31.6 Å². The highest BCUT2D eigenvalue weighted by Gasteiger charge is 2.40. The average Bonchev–Trinajstić information content (AvgIpc) is 2.53. The summed E-state index contributed by atoms with van der Waals surface area (Å²) < 4.78 is 33.1. The van der Waals surface area contributed by atoms with Crippen molar-refractivity contribution >= 4 is 13.8 Å². The molecule has 1 aliphatic carbocycles. The first-order valence-electron chi connectivity index (χ1n) is 8.71. The fraction of sp³-hybridized carbons (Fsp3) is 0.824. The number of phosphoric ester groups is 1. The molecule has 0 bridgehead atoms. The second-order valence-corrected chi connectivity index (χ2v) is 9.10. The van der Waals surface area contributed by atoms with E-state index in [1.807, 2.05) is 13.8 Å². The van der Waals surface area contributed by atoms with Crippen molar-refractivity contribution < 1.29 is 27.7 Å². The quantitative estimate of drug-likeness (QED) is 0.298. The molecule has 1 saturated heterocycles. The number of hydrogen-bond donors (Lipinski definition) is 0. The van der Waals surface area contributed by atoms with E-state index >= 15 is 0 Å². The Labute approximate surface area is 144 Å². The smallest absolute Gasteiger partial charge is 0.457 e. The molecule has 138 valence electrons. The van der Waals surface area contributed by atoms with Gasteiger partial charge in [-0.15, -0.1) is 0 Å². The minimum absolute atomic E-state index is 0.126. The standard InChI is InChI=1S/C17H29O6P/c1-5-6-14-7-9-15(10-8-14)22-16(18)13(2)23-24(19)20-11-17(3,4)12-21-24/h14-15H,2,5-12H2,1,3-4H3. The Hall–Kier alpha value is -0.840. The molecule has 0 aromatic carbocycles. The lowest BCUT2D eigenvalue weighted by Crippen LogP contribution is -2.30. The van der Waals surface area contributed by atoms with E-state index in [1.54, 1.807) is 0 Å². The molecule has 0 atom stereocenters. The number of ether oxygens (including phenoxy) is 1. The van der Waals surface area contributed by atoms with Crippen molar-refractivity contribution in [2.24, 2.45) is 11.3 Å². The SMILES string of the molecule is C=C(OP1(=O)OCC(C)(C)CO1)C(=O)OC1CCC(CCC)CC1. The number of carbonyl (C=O) groups is 1. The number of hydrogen-bond acceptors (Lipinski definition) is 6. The van der Waals surface area contributed by atoms with E-state index in [2.05, 4.69) is 13.5 Å². The van der Waals surface area contributed by atoms with Crippen LogP contribution in [0.25, 0.3) is 0 Å². The maximum Gasteiger partial charge on any atom is 0.530 e. The molecule has 2 aliphatic rings. The second-order valence-electron chi connectivity index (χ2n) is 7.51. The molecule has 2 rings (SSSR count).